The van der Waals surface area contributed by atoms with Gasteiger partial charge in [-0.1, -0.05) is 72.8 Å². The molecule has 3 aromatic rings. The van der Waals surface area contributed by atoms with Gasteiger partial charge in [-0.2, -0.15) is 0 Å². The first-order chi connectivity index (χ1) is 14.3. The maximum Gasteiger partial charge on any atom is 0.407 e. The zero-order valence-corrected chi connectivity index (χ0v) is 17.6. The molecule has 0 atom stereocenters. The SMILES string of the molecule is CC(C)(C)OC(=O)NCc1ccccc1-c1ccccc1C=Cc1ccc(O)cc1. The van der Waals surface area contributed by atoms with Crippen molar-refractivity contribution in [3.8, 4) is 16.9 Å². The van der Waals surface area contributed by atoms with E-state index in [1.807, 2.05) is 69.3 Å². The number of carbonyl (C=O) groups is 1. The predicted octanol–water partition coefficient (Wildman–Crippen LogP) is 6.25. The molecule has 2 N–H and O–H groups in total. The van der Waals surface area contributed by atoms with Gasteiger partial charge in [0.05, 0.1) is 0 Å². The van der Waals surface area contributed by atoms with Crippen LogP contribution in [0.2, 0.25) is 0 Å². The fourth-order valence-corrected chi connectivity index (χ4v) is 3.08. The van der Waals surface area contributed by atoms with Crippen LogP contribution in [-0.4, -0.2) is 16.8 Å². The van der Waals surface area contributed by atoms with Crippen LogP contribution >= 0.6 is 0 Å². The van der Waals surface area contributed by atoms with Gasteiger partial charge in [0.2, 0.25) is 0 Å². The second-order valence-corrected chi connectivity index (χ2v) is 8.02. The largest absolute Gasteiger partial charge is 0.508 e. The van der Waals surface area contributed by atoms with Gasteiger partial charge in [0.15, 0.2) is 0 Å². The minimum Gasteiger partial charge on any atom is -0.508 e. The van der Waals surface area contributed by atoms with E-state index in [-0.39, 0.29) is 5.75 Å². The van der Waals surface area contributed by atoms with Crippen molar-refractivity contribution in [1.82, 2.24) is 5.32 Å². The van der Waals surface area contributed by atoms with E-state index in [0.29, 0.717) is 6.54 Å². The molecule has 3 rings (SSSR count). The van der Waals surface area contributed by atoms with Crippen LogP contribution in [0.5, 0.6) is 5.75 Å². The average Bonchev–Trinajstić information content (AvgIpc) is 2.71. The molecule has 154 valence electrons. The molecule has 3 aromatic carbocycles. The Labute approximate surface area is 177 Å². The fraction of sp³-hybridized carbons (Fsp3) is 0.192. The number of benzene rings is 3. The highest BCUT2D eigenvalue weighted by Crippen LogP contribution is 2.28. The Morgan fingerprint density at radius 3 is 2.23 bits per heavy atom. The molecule has 0 saturated heterocycles. The number of phenolic OH excluding ortho intramolecular Hbond substituents is 1. The second-order valence-electron chi connectivity index (χ2n) is 8.02. The van der Waals surface area contributed by atoms with Crippen LogP contribution < -0.4 is 5.32 Å². The Bertz CT molecular complexity index is 1030. The minimum absolute atomic E-state index is 0.249. The summed E-state index contributed by atoms with van der Waals surface area (Å²) < 4.78 is 5.35. The molecular weight excluding hydrogens is 374 g/mol. The van der Waals surface area contributed by atoms with Crippen molar-refractivity contribution >= 4 is 18.2 Å². The standard InChI is InChI=1S/C26H27NO3/c1-26(2,3)30-25(29)27-18-21-9-5-7-11-24(21)23-10-6-4-8-20(23)15-12-19-13-16-22(28)17-14-19/h4-17,28H,18H2,1-3H3,(H,27,29). The number of phenols is 1. The molecule has 0 spiro atoms. The van der Waals surface area contributed by atoms with Crippen LogP contribution in [0.4, 0.5) is 4.79 Å². The van der Waals surface area contributed by atoms with E-state index in [2.05, 4.69) is 29.6 Å². The van der Waals surface area contributed by atoms with Gasteiger partial charge >= 0.3 is 6.09 Å². The lowest BCUT2D eigenvalue weighted by Gasteiger charge is -2.20. The summed E-state index contributed by atoms with van der Waals surface area (Å²) in [5.74, 6) is 0.249. The van der Waals surface area contributed by atoms with E-state index >= 15 is 0 Å². The van der Waals surface area contributed by atoms with Crippen molar-refractivity contribution in [2.75, 3.05) is 0 Å². The van der Waals surface area contributed by atoms with E-state index in [1.165, 1.54) is 0 Å². The zero-order chi connectivity index (χ0) is 21.6. The van der Waals surface area contributed by atoms with Crippen molar-refractivity contribution in [2.45, 2.75) is 32.9 Å². The van der Waals surface area contributed by atoms with Crippen molar-refractivity contribution in [2.24, 2.45) is 0 Å². The monoisotopic (exact) mass is 401 g/mol. The van der Waals surface area contributed by atoms with Crippen molar-refractivity contribution in [3.63, 3.8) is 0 Å². The quantitative estimate of drug-likeness (QED) is 0.497. The Balaban J connectivity index is 1.84. The highest BCUT2D eigenvalue weighted by atomic mass is 16.6. The molecule has 0 aliphatic carbocycles. The zero-order valence-electron chi connectivity index (χ0n) is 17.6. The van der Waals surface area contributed by atoms with E-state index in [0.717, 1.165) is 27.8 Å². The molecule has 0 aliphatic heterocycles. The summed E-state index contributed by atoms with van der Waals surface area (Å²) >= 11 is 0. The Morgan fingerprint density at radius 2 is 1.53 bits per heavy atom. The third kappa shape index (κ3) is 5.98. The minimum atomic E-state index is -0.533. The molecule has 0 bridgehead atoms. The van der Waals surface area contributed by atoms with Crippen molar-refractivity contribution in [3.05, 3.63) is 89.5 Å². The van der Waals surface area contributed by atoms with Crippen LogP contribution in [0.15, 0.2) is 72.8 Å². The topological polar surface area (TPSA) is 58.6 Å². The number of rotatable bonds is 5. The van der Waals surface area contributed by atoms with E-state index in [9.17, 15) is 9.90 Å². The molecule has 30 heavy (non-hydrogen) atoms. The maximum atomic E-state index is 12.1. The van der Waals surface area contributed by atoms with Gasteiger partial charge in [-0.05, 0) is 60.7 Å². The van der Waals surface area contributed by atoms with Crippen LogP contribution in [0.25, 0.3) is 23.3 Å². The van der Waals surface area contributed by atoms with Crippen molar-refractivity contribution < 1.29 is 14.6 Å². The lowest BCUT2D eigenvalue weighted by Crippen LogP contribution is -2.32. The van der Waals surface area contributed by atoms with Gasteiger partial charge in [0.25, 0.3) is 0 Å². The summed E-state index contributed by atoms with van der Waals surface area (Å²) in [6.45, 7) is 5.91. The van der Waals surface area contributed by atoms with Crippen LogP contribution in [0.1, 0.15) is 37.5 Å². The van der Waals surface area contributed by atoms with E-state index in [1.54, 1.807) is 12.1 Å². The summed E-state index contributed by atoms with van der Waals surface area (Å²) in [5.41, 5.74) is 4.68. The van der Waals surface area contributed by atoms with Crippen LogP contribution in [0.3, 0.4) is 0 Å². The molecule has 0 aliphatic rings. The summed E-state index contributed by atoms with van der Waals surface area (Å²) in [6, 6.07) is 23.2. The molecule has 0 unspecified atom stereocenters. The third-order valence-corrected chi connectivity index (χ3v) is 4.44. The Hall–Kier alpha value is -3.53. The molecule has 4 nitrogen and oxygen atoms in total. The van der Waals surface area contributed by atoms with Crippen LogP contribution in [-0.2, 0) is 11.3 Å². The highest BCUT2D eigenvalue weighted by Gasteiger charge is 2.16. The summed E-state index contributed by atoms with van der Waals surface area (Å²) in [5, 5.41) is 12.3. The van der Waals surface area contributed by atoms with Gasteiger partial charge in [-0.25, -0.2) is 4.79 Å². The van der Waals surface area contributed by atoms with E-state index < -0.39 is 11.7 Å². The highest BCUT2D eigenvalue weighted by molar-refractivity contribution is 5.82. The molecule has 0 fully saturated rings. The molecular formula is C26H27NO3. The third-order valence-electron chi connectivity index (χ3n) is 4.44. The first-order valence-corrected chi connectivity index (χ1v) is 9.93. The summed E-state index contributed by atoms with van der Waals surface area (Å²) in [6.07, 6.45) is 3.64. The lowest BCUT2D eigenvalue weighted by molar-refractivity contribution is 0.0523. The molecule has 0 saturated carbocycles. The normalized spacial score (nSPS) is 11.4. The van der Waals surface area contributed by atoms with Gasteiger partial charge in [0.1, 0.15) is 11.4 Å². The van der Waals surface area contributed by atoms with Crippen molar-refractivity contribution in [1.29, 1.82) is 0 Å². The lowest BCUT2D eigenvalue weighted by atomic mass is 9.95. The number of aromatic hydroxyl groups is 1. The van der Waals surface area contributed by atoms with Gasteiger partial charge in [0, 0.05) is 6.54 Å². The Morgan fingerprint density at radius 1 is 0.900 bits per heavy atom. The van der Waals surface area contributed by atoms with Gasteiger partial charge in [-0.15, -0.1) is 0 Å². The van der Waals surface area contributed by atoms with E-state index in [4.69, 9.17) is 4.74 Å². The molecule has 0 radical (unpaired) electrons. The van der Waals surface area contributed by atoms with Gasteiger partial charge in [-0.3, -0.25) is 0 Å². The summed E-state index contributed by atoms with van der Waals surface area (Å²) in [4.78, 5) is 12.1. The maximum absolute atomic E-state index is 12.1. The summed E-state index contributed by atoms with van der Waals surface area (Å²) in [7, 11) is 0. The fourth-order valence-electron chi connectivity index (χ4n) is 3.08. The predicted molar refractivity (Wildman–Crippen MR) is 122 cm³/mol. The molecule has 0 aromatic heterocycles. The van der Waals surface area contributed by atoms with Gasteiger partial charge < -0.3 is 15.2 Å². The number of alkyl carbamates (subject to hydrolysis) is 1. The number of carbonyl (C=O) groups excluding carboxylic acids is 1. The van der Waals surface area contributed by atoms with Crippen LogP contribution in [0, 0.1) is 0 Å². The number of amides is 1. The number of hydrogen-bond donors (Lipinski definition) is 2. The first kappa shape index (κ1) is 21.2. The smallest absolute Gasteiger partial charge is 0.407 e. The number of nitrogens with one attached hydrogen (secondary N) is 1. The Kier molecular flexibility index (Phi) is 6.58. The first-order valence-electron chi connectivity index (χ1n) is 9.93. The molecule has 1 amide bonds. The second kappa shape index (κ2) is 9.31. The molecule has 0 heterocycles. The number of ether oxygens (including phenoxy) is 1. The molecule has 4 heteroatoms. The number of hydrogen-bond acceptors (Lipinski definition) is 3. The average molecular weight is 402 g/mol.